The number of urea groups is 1. The minimum atomic E-state index is -3.92. The molecule has 1 rings (SSSR count). The number of halogens is 1. The first kappa shape index (κ1) is 19.2. The van der Waals surface area contributed by atoms with Gasteiger partial charge in [0, 0.05) is 18.0 Å². The second-order valence-electron chi connectivity index (χ2n) is 4.70. The van der Waals surface area contributed by atoms with Crippen molar-refractivity contribution < 1.29 is 22.7 Å². The van der Waals surface area contributed by atoms with Crippen LogP contribution >= 0.6 is 11.6 Å². The lowest BCUT2D eigenvalue weighted by atomic mass is 10.2. The monoisotopic (exact) mass is 362 g/mol. The van der Waals surface area contributed by atoms with Crippen molar-refractivity contribution in [2.24, 2.45) is 0 Å². The normalized spacial score (nSPS) is 10.9. The average molecular weight is 363 g/mol. The number of rotatable bonds is 8. The Morgan fingerprint density at radius 3 is 2.39 bits per heavy atom. The first-order valence-corrected chi connectivity index (χ1v) is 8.84. The van der Waals surface area contributed by atoms with Crippen molar-refractivity contribution >= 4 is 33.6 Å². The van der Waals surface area contributed by atoms with Crippen LogP contribution in [0.5, 0.6) is 0 Å². The zero-order valence-electron chi connectivity index (χ0n) is 12.7. The number of hydrogen-bond acceptors (Lipinski definition) is 5. The molecule has 7 nitrogen and oxygen atoms in total. The molecule has 0 aliphatic rings. The van der Waals surface area contributed by atoms with Crippen molar-refractivity contribution in [2.45, 2.75) is 30.6 Å². The number of sulfonamides is 1. The Bertz CT molecular complexity index is 631. The number of methoxy groups -OCH3 is 1. The molecule has 2 amide bonds. The molecule has 0 unspecified atom stereocenters. The lowest BCUT2D eigenvalue weighted by Gasteiger charge is -2.08. The summed E-state index contributed by atoms with van der Waals surface area (Å²) in [5, 5.41) is 2.85. The number of esters is 1. The van der Waals surface area contributed by atoms with E-state index in [2.05, 4.69) is 10.1 Å². The summed E-state index contributed by atoms with van der Waals surface area (Å²) in [5.74, 6) is -0.273. The van der Waals surface area contributed by atoms with Crippen molar-refractivity contribution in [2.75, 3.05) is 13.7 Å². The van der Waals surface area contributed by atoms with Gasteiger partial charge in [-0.3, -0.25) is 4.79 Å². The maximum Gasteiger partial charge on any atom is 0.328 e. The Hall–Kier alpha value is -1.80. The minimum Gasteiger partial charge on any atom is -0.469 e. The van der Waals surface area contributed by atoms with E-state index < -0.39 is 16.1 Å². The Morgan fingerprint density at radius 2 is 1.78 bits per heavy atom. The Morgan fingerprint density at radius 1 is 1.13 bits per heavy atom. The number of benzene rings is 1. The predicted octanol–water partition coefficient (Wildman–Crippen LogP) is 2.06. The quantitative estimate of drug-likeness (QED) is 0.544. The highest BCUT2D eigenvalue weighted by atomic mass is 35.5. The number of carbonyl (C=O) groups excluding carboxylic acids is 2. The number of ether oxygens (including phenoxy) is 1. The summed E-state index contributed by atoms with van der Waals surface area (Å²) in [4.78, 5) is 22.4. The number of nitrogens with one attached hydrogen (secondary N) is 2. The first-order chi connectivity index (χ1) is 10.8. The van der Waals surface area contributed by atoms with Crippen molar-refractivity contribution in [3.63, 3.8) is 0 Å². The summed E-state index contributed by atoms with van der Waals surface area (Å²) in [6.45, 7) is 0.309. The molecule has 0 fully saturated rings. The van der Waals surface area contributed by atoms with Gasteiger partial charge in [-0.25, -0.2) is 17.9 Å². The Labute approximate surface area is 140 Å². The van der Waals surface area contributed by atoms with Crippen LogP contribution < -0.4 is 10.0 Å². The molecule has 0 heterocycles. The van der Waals surface area contributed by atoms with Crippen LogP contribution in [0.25, 0.3) is 0 Å². The summed E-state index contributed by atoms with van der Waals surface area (Å²) in [7, 11) is -2.59. The molecule has 9 heteroatoms. The zero-order valence-corrected chi connectivity index (χ0v) is 14.2. The van der Waals surface area contributed by atoms with Crippen LogP contribution in [0.4, 0.5) is 4.79 Å². The van der Waals surface area contributed by atoms with Gasteiger partial charge in [0.05, 0.1) is 12.0 Å². The summed E-state index contributed by atoms with van der Waals surface area (Å²) < 4.78 is 30.3. The van der Waals surface area contributed by atoms with E-state index in [1.54, 1.807) is 0 Å². The highest BCUT2D eigenvalue weighted by Crippen LogP contribution is 2.13. The van der Waals surface area contributed by atoms with Crippen LogP contribution in [0.1, 0.15) is 25.7 Å². The van der Waals surface area contributed by atoms with E-state index in [9.17, 15) is 18.0 Å². The molecule has 0 aliphatic heterocycles. The maximum atomic E-state index is 11.9. The van der Waals surface area contributed by atoms with Crippen LogP contribution in [0.2, 0.25) is 5.02 Å². The van der Waals surface area contributed by atoms with E-state index in [-0.39, 0.29) is 10.9 Å². The van der Waals surface area contributed by atoms with Gasteiger partial charge in [0.15, 0.2) is 0 Å². The van der Waals surface area contributed by atoms with Gasteiger partial charge in [0.1, 0.15) is 0 Å². The van der Waals surface area contributed by atoms with Gasteiger partial charge in [-0.15, -0.1) is 0 Å². The molecule has 1 aromatic carbocycles. The molecule has 2 N–H and O–H groups in total. The molecule has 1 aromatic rings. The maximum absolute atomic E-state index is 11.9. The third kappa shape index (κ3) is 7.34. The van der Waals surface area contributed by atoms with E-state index in [0.29, 0.717) is 30.8 Å². The van der Waals surface area contributed by atoms with E-state index in [1.165, 1.54) is 31.4 Å². The predicted molar refractivity (Wildman–Crippen MR) is 85.7 cm³/mol. The molecule has 0 spiro atoms. The van der Waals surface area contributed by atoms with Crippen LogP contribution in [-0.2, 0) is 19.6 Å². The SMILES string of the molecule is COC(=O)CCCCCNC(=O)NS(=O)(=O)c1ccc(Cl)cc1. The smallest absolute Gasteiger partial charge is 0.328 e. The molecule has 0 bridgehead atoms. The lowest BCUT2D eigenvalue weighted by Crippen LogP contribution is -2.39. The fraction of sp³-hybridized carbons (Fsp3) is 0.429. The van der Waals surface area contributed by atoms with E-state index in [1.807, 2.05) is 4.72 Å². The van der Waals surface area contributed by atoms with Crippen molar-refractivity contribution in [1.82, 2.24) is 10.0 Å². The van der Waals surface area contributed by atoms with Crippen molar-refractivity contribution in [1.29, 1.82) is 0 Å². The van der Waals surface area contributed by atoms with Gasteiger partial charge >= 0.3 is 12.0 Å². The minimum absolute atomic E-state index is 0.0462. The van der Waals surface area contributed by atoms with Crippen molar-refractivity contribution in [3.05, 3.63) is 29.3 Å². The lowest BCUT2D eigenvalue weighted by molar-refractivity contribution is -0.140. The molecule has 0 saturated heterocycles. The van der Waals surface area contributed by atoms with Gasteiger partial charge in [-0.2, -0.15) is 0 Å². The Kier molecular flexibility index (Phi) is 7.84. The van der Waals surface area contributed by atoms with Gasteiger partial charge in [0.25, 0.3) is 10.0 Å². The van der Waals surface area contributed by atoms with Crippen LogP contribution in [-0.4, -0.2) is 34.1 Å². The molecule has 0 aromatic heterocycles. The van der Waals surface area contributed by atoms with Gasteiger partial charge in [-0.1, -0.05) is 18.0 Å². The fourth-order valence-electron chi connectivity index (χ4n) is 1.71. The molecule has 0 aliphatic carbocycles. The Balaban J connectivity index is 2.30. The number of carbonyl (C=O) groups is 2. The van der Waals surface area contributed by atoms with Crippen LogP contribution in [0.3, 0.4) is 0 Å². The van der Waals surface area contributed by atoms with E-state index in [4.69, 9.17) is 11.6 Å². The summed E-state index contributed by atoms with van der Waals surface area (Å²) in [5.41, 5.74) is 0. The second kappa shape index (κ2) is 9.36. The van der Waals surface area contributed by atoms with E-state index >= 15 is 0 Å². The first-order valence-electron chi connectivity index (χ1n) is 6.98. The number of hydrogen-bond donors (Lipinski definition) is 2. The molecule has 0 atom stereocenters. The molecule has 0 radical (unpaired) electrons. The van der Waals surface area contributed by atoms with Crippen LogP contribution in [0.15, 0.2) is 29.2 Å². The standard InChI is InChI=1S/C14H19ClN2O5S/c1-22-13(18)5-3-2-4-10-16-14(19)17-23(20,21)12-8-6-11(15)7-9-12/h6-9H,2-5,10H2,1H3,(H2,16,17,19). The van der Waals surface area contributed by atoms with Crippen molar-refractivity contribution in [3.8, 4) is 0 Å². The van der Waals surface area contributed by atoms with Crippen LogP contribution in [0, 0.1) is 0 Å². The molecule has 0 saturated carbocycles. The largest absolute Gasteiger partial charge is 0.469 e. The average Bonchev–Trinajstić information content (AvgIpc) is 2.50. The summed E-state index contributed by atoms with van der Waals surface area (Å²) >= 11 is 5.68. The topological polar surface area (TPSA) is 102 Å². The second-order valence-corrected chi connectivity index (χ2v) is 6.82. The van der Waals surface area contributed by atoms with Gasteiger partial charge in [-0.05, 0) is 37.1 Å². The van der Waals surface area contributed by atoms with Gasteiger partial charge in [0.2, 0.25) is 0 Å². The van der Waals surface area contributed by atoms with Gasteiger partial charge < -0.3 is 10.1 Å². The zero-order chi connectivity index (χ0) is 17.3. The number of amides is 2. The third-order valence-corrected chi connectivity index (χ3v) is 4.52. The summed E-state index contributed by atoms with van der Waals surface area (Å²) in [6.07, 6.45) is 2.33. The molecule has 128 valence electrons. The molecule has 23 heavy (non-hydrogen) atoms. The molecular weight excluding hydrogens is 344 g/mol. The highest BCUT2D eigenvalue weighted by Gasteiger charge is 2.16. The highest BCUT2D eigenvalue weighted by molar-refractivity contribution is 7.90. The fourth-order valence-corrected chi connectivity index (χ4v) is 2.76. The number of unbranched alkanes of at least 4 members (excludes halogenated alkanes) is 2. The molecular formula is C14H19ClN2O5S. The third-order valence-electron chi connectivity index (χ3n) is 2.92. The summed E-state index contributed by atoms with van der Waals surface area (Å²) in [6, 6.07) is 4.67. The van der Waals surface area contributed by atoms with E-state index in [0.717, 1.165) is 6.42 Å².